The minimum absolute atomic E-state index is 0.280. The van der Waals surface area contributed by atoms with E-state index in [1.54, 1.807) is 12.1 Å². The molecule has 16 heavy (non-hydrogen) atoms. The first-order chi connectivity index (χ1) is 7.81. The lowest BCUT2D eigenvalue weighted by Gasteiger charge is -2.29. The van der Waals surface area contributed by atoms with Crippen molar-refractivity contribution >= 4 is 5.69 Å². The lowest BCUT2D eigenvalue weighted by atomic mass is 10.2. The van der Waals surface area contributed by atoms with E-state index in [1.165, 1.54) is 0 Å². The molecule has 0 aliphatic carbocycles. The highest BCUT2D eigenvalue weighted by atomic mass is 19.1. The fraction of sp³-hybridized carbons (Fsp3) is 0.500. The smallest absolute Gasteiger partial charge is 0.167 e. The van der Waals surface area contributed by atoms with Crippen LogP contribution in [0.15, 0.2) is 18.2 Å². The van der Waals surface area contributed by atoms with E-state index in [2.05, 4.69) is 10.2 Å². The van der Waals surface area contributed by atoms with Gasteiger partial charge in [-0.25, -0.2) is 4.39 Å². The molecule has 3 nitrogen and oxygen atoms in total. The molecule has 0 saturated carbocycles. The number of halogens is 1. The summed E-state index contributed by atoms with van der Waals surface area (Å²) in [4.78, 5) is 2.18. The Morgan fingerprint density at radius 2 is 2.12 bits per heavy atom. The molecule has 1 aliphatic rings. The molecule has 88 valence electrons. The normalized spacial score (nSPS) is 16.2. The van der Waals surface area contributed by atoms with Crippen LogP contribution in [0.25, 0.3) is 0 Å². The molecule has 0 atom stereocenters. The first-order valence-corrected chi connectivity index (χ1v) is 5.69. The van der Waals surface area contributed by atoms with Crippen molar-refractivity contribution < 1.29 is 9.13 Å². The van der Waals surface area contributed by atoms with Gasteiger partial charge in [-0.3, -0.25) is 0 Å². The van der Waals surface area contributed by atoms with Gasteiger partial charge in [-0.05, 0) is 19.1 Å². The molecule has 4 heteroatoms. The average molecular weight is 224 g/mol. The molecule has 0 radical (unpaired) electrons. The summed E-state index contributed by atoms with van der Waals surface area (Å²) in [6, 6.07) is 5.17. The predicted molar refractivity (Wildman–Crippen MR) is 62.7 cm³/mol. The fourth-order valence-corrected chi connectivity index (χ4v) is 1.88. The highest BCUT2D eigenvalue weighted by molar-refractivity contribution is 5.50. The Morgan fingerprint density at radius 3 is 2.75 bits per heavy atom. The molecule has 0 unspecified atom stereocenters. The molecular formula is C12H17FN2O. The van der Waals surface area contributed by atoms with Crippen LogP contribution in [0.4, 0.5) is 10.1 Å². The zero-order valence-corrected chi connectivity index (χ0v) is 9.50. The van der Waals surface area contributed by atoms with Crippen molar-refractivity contribution in [2.45, 2.75) is 6.92 Å². The van der Waals surface area contributed by atoms with Crippen LogP contribution in [0, 0.1) is 5.82 Å². The second-order valence-electron chi connectivity index (χ2n) is 3.78. The van der Waals surface area contributed by atoms with Gasteiger partial charge in [0.2, 0.25) is 0 Å². The highest BCUT2D eigenvalue weighted by Crippen LogP contribution is 2.23. The van der Waals surface area contributed by atoms with E-state index in [4.69, 9.17) is 4.74 Å². The summed E-state index contributed by atoms with van der Waals surface area (Å²) < 4.78 is 18.8. The molecule has 1 aliphatic heterocycles. The summed E-state index contributed by atoms with van der Waals surface area (Å²) in [5.41, 5.74) is 0.933. The highest BCUT2D eigenvalue weighted by Gasteiger charge is 2.12. The van der Waals surface area contributed by atoms with Gasteiger partial charge in [0.25, 0.3) is 0 Å². The maximum absolute atomic E-state index is 13.6. The third kappa shape index (κ3) is 2.44. The van der Waals surface area contributed by atoms with Crippen LogP contribution in [0.5, 0.6) is 5.75 Å². The number of piperazine rings is 1. The summed E-state index contributed by atoms with van der Waals surface area (Å²) >= 11 is 0. The predicted octanol–water partition coefficient (Wildman–Crippen LogP) is 1.63. The number of hydrogen-bond donors (Lipinski definition) is 1. The number of nitrogens with zero attached hydrogens (tertiary/aromatic N) is 1. The van der Waals surface area contributed by atoms with E-state index in [-0.39, 0.29) is 5.82 Å². The van der Waals surface area contributed by atoms with Crippen molar-refractivity contribution in [3.63, 3.8) is 0 Å². The number of anilines is 1. The van der Waals surface area contributed by atoms with Gasteiger partial charge in [-0.2, -0.15) is 0 Å². The summed E-state index contributed by atoms with van der Waals surface area (Å²) in [6.07, 6.45) is 0. The largest absolute Gasteiger partial charge is 0.491 e. The van der Waals surface area contributed by atoms with Gasteiger partial charge >= 0.3 is 0 Å². The first-order valence-electron chi connectivity index (χ1n) is 5.69. The Hall–Kier alpha value is -1.29. The molecule has 1 N–H and O–H groups in total. The first kappa shape index (κ1) is 11.2. The number of benzene rings is 1. The van der Waals surface area contributed by atoms with Gasteiger partial charge in [0, 0.05) is 37.9 Å². The second-order valence-corrected chi connectivity index (χ2v) is 3.78. The van der Waals surface area contributed by atoms with Crippen molar-refractivity contribution in [2.75, 3.05) is 37.7 Å². The number of rotatable bonds is 3. The zero-order chi connectivity index (χ0) is 11.4. The molecule has 0 bridgehead atoms. The summed E-state index contributed by atoms with van der Waals surface area (Å²) in [6.45, 7) is 6.10. The minimum atomic E-state index is -0.280. The quantitative estimate of drug-likeness (QED) is 0.844. The van der Waals surface area contributed by atoms with Crippen LogP contribution in [0.3, 0.4) is 0 Å². The third-order valence-electron chi connectivity index (χ3n) is 2.70. The monoisotopic (exact) mass is 224 g/mol. The van der Waals surface area contributed by atoms with E-state index >= 15 is 0 Å². The Kier molecular flexibility index (Phi) is 3.62. The van der Waals surface area contributed by atoms with Gasteiger partial charge in [0.1, 0.15) is 0 Å². The van der Waals surface area contributed by atoms with Gasteiger partial charge in [0.15, 0.2) is 11.6 Å². The average Bonchev–Trinajstić information content (AvgIpc) is 2.33. The molecular weight excluding hydrogens is 207 g/mol. The van der Waals surface area contributed by atoms with Crippen LogP contribution < -0.4 is 15.0 Å². The van der Waals surface area contributed by atoms with Crippen LogP contribution in [-0.2, 0) is 0 Å². The number of nitrogens with one attached hydrogen (secondary N) is 1. The second kappa shape index (κ2) is 5.16. The van der Waals surface area contributed by atoms with E-state index in [1.807, 2.05) is 13.0 Å². The molecule has 1 fully saturated rings. The number of hydrogen-bond acceptors (Lipinski definition) is 3. The van der Waals surface area contributed by atoms with E-state index in [0.29, 0.717) is 12.4 Å². The minimum Gasteiger partial charge on any atom is -0.491 e. The van der Waals surface area contributed by atoms with E-state index < -0.39 is 0 Å². The Morgan fingerprint density at radius 1 is 1.38 bits per heavy atom. The van der Waals surface area contributed by atoms with E-state index in [0.717, 1.165) is 31.9 Å². The van der Waals surface area contributed by atoms with Crippen LogP contribution in [-0.4, -0.2) is 32.8 Å². The molecule has 1 aromatic carbocycles. The van der Waals surface area contributed by atoms with Crippen molar-refractivity contribution in [3.05, 3.63) is 24.0 Å². The zero-order valence-electron chi connectivity index (χ0n) is 9.50. The SMILES string of the molecule is CCOc1ccc(N2CCNCC2)cc1F. The maximum Gasteiger partial charge on any atom is 0.167 e. The number of ether oxygens (including phenoxy) is 1. The fourth-order valence-electron chi connectivity index (χ4n) is 1.88. The van der Waals surface area contributed by atoms with Gasteiger partial charge in [0.05, 0.1) is 6.61 Å². The van der Waals surface area contributed by atoms with Crippen molar-refractivity contribution in [1.82, 2.24) is 5.32 Å². The molecule has 1 aromatic rings. The lowest BCUT2D eigenvalue weighted by molar-refractivity contribution is 0.321. The van der Waals surface area contributed by atoms with Gasteiger partial charge in [-0.15, -0.1) is 0 Å². The van der Waals surface area contributed by atoms with Crippen molar-refractivity contribution in [1.29, 1.82) is 0 Å². The van der Waals surface area contributed by atoms with Gasteiger partial charge in [-0.1, -0.05) is 0 Å². The molecule has 1 saturated heterocycles. The third-order valence-corrected chi connectivity index (χ3v) is 2.70. The topological polar surface area (TPSA) is 24.5 Å². The van der Waals surface area contributed by atoms with Crippen LogP contribution in [0.1, 0.15) is 6.92 Å². The molecule has 0 spiro atoms. The standard InChI is InChI=1S/C12H17FN2O/c1-2-16-12-4-3-10(9-11(12)13)15-7-5-14-6-8-15/h3-4,9,14H,2,5-8H2,1H3. The van der Waals surface area contributed by atoms with Crippen molar-refractivity contribution in [3.8, 4) is 5.75 Å². The van der Waals surface area contributed by atoms with Crippen LogP contribution >= 0.6 is 0 Å². The van der Waals surface area contributed by atoms with E-state index in [9.17, 15) is 4.39 Å². The maximum atomic E-state index is 13.6. The van der Waals surface area contributed by atoms with Gasteiger partial charge < -0.3 is 15.0 Å². The summed E-state index contributed by atoms with van der Waals surface area (Å²) in [7, 11) is 0. The summed E-state index contributed by atoms with van der Waals surface area (Å²) in [5.74, 6) is 0.0549. The van der Waals surface area contributed by atoms with Crippen molar-refractivity contribution in [2.24, 2.45) is 0 Å². The molecule has 0 aromatic heterocycles. The summed E-state index contributed by atoms with van der Waals surface area (Å²) in [5, 5.41) is 3.27. The molecule has 2 rings (SSSR count). The van der Waals surface area contributed by atoms with Crippen LogP contribution in [0.2, 0.25) is 0 Å². The molecule has 0 amide bonds. The Labute approximate surface area is 95.2 Å². The molecule has 1 heterocycles. The Balaban J connectivity index is 2.13. The Bertz CT molecular complexity index is 351. The lowest BCUT2D eigenvalue weighted by Crippen LogP contribution is -2.43.